The minimum Gasteiger partial charge on any atom is -0.481 e. The van der Waals surface area contributed by atoms with E-state index in [1.54, 1.807) is 13.8 Å². The van der Waals surface area contributed by atoms with Crippen LogP contribution in [0.1, 0.15) is 40.0 Å². The quantitative estimate of drug-likeness (QED) is 0.284. The van der Waals surface area contributed by atoms with E-state index in [-0.39, 0.29) is 19.0 Å². The van der Waals surface area contributed by atoms with Crippen LogP contribution in [0, 0.1) is 11.3 Å². The average molecular weight is 276 g/mol. The number of carbonyl (C=O) groups excluding carboxylic acids is 1. The van der Waals surface area contributed by atoms with Gasteiger partial charge in [0.1, 0.15) is 0 Å². The lowest BCUT2D eigenvalue weighted by molar-refractivity contribution is -0.273. The highest BCUT2D eigenvalue weighted by atomic mass is 17.2. The van der Waals surface area contributed by atoms with Crippen LogP contribution in [0.3, 0.4) is 0 Å². The van der Waals surface area contributed by atoms with Crippen molar-refractivity contribution in [1.29, 1.82) is 0 Å². The number of carboxylic acids is 1. The van der Waals surface area contributed by atoms with Crippen molar-refractivity contribution in [2.24, 2.45) is 11.3 Å². The van der Waals surface area contributed by atoms with Crippen molar-refractivity contribution in [3.8, 4) is 0 Å². The van der Waals surface area contributed by atoms with Crippen molar-refractivity contribution in [1.82, 2.24) is 0 Å². The fraction of sp³-hybridized carbons (Fsp3) is 0.846. The molecule has 0 aromatic carbocycles. The molecule has 0 bridgehead atoms. The Labute approximate surface area is 114 Å². The van der Waals surface area contributed by atoms with Gasteiger partial charge in [0.25, 0.3) is 0 Å². The molecule has 0 fully saturated rings. The maximum atomic E-state index is 12.0. The number of hydrogen-bond donors (Lipinski definition) is 1. The van der Waals surface area contributed by atoms with E-state index in [0.29, 0.717) is 19.4 Å². The minimum atomic E-state index is -0.902. The third-order valence-corrected chi connectivity index (χ3v) is 3.17. The van der Waals surface area contributed by atoms with E-state index in [0.717, 1.165) is 0 Å². The second kappa shape index (κ2) is 8.87. The summed E-state index contributed by atoms with van der Waals surface area (Å²) in [5, 5.41) is 8.91. The first-order chi connectivity index (χ1) is 8.87. The maximum Gasteiger partial charge on any atom is 0.311 e. The van der Waals surface area contributed by atoms with Gasteiger partial charge >= 0.3 is 11.9 Å². The molecule has 0 saturated carbocycles. The monoisotopic (exact) mass is 276 g/mol. The number of esters is 1. The summed E-state index contributed by atoms with van der Waals surface area (Å²) in [5.41, 5.74) is -0.764. The topological polar surface area (TPSA) is 82.1 Å². The zero-order chi connectivity index (χ0) is 14.9. The van der Waals surface area contributed by atoms with Crippen molar-refractivity contribution in [3.05, 3.63) is 0 Å². The Morgan fingerprint density at radius 3 is 2.42 bits per heavy atom. The summed E-state index contributed by atoms with van der Waals surface area (Å²) in [4.78, 5) is 31.9. The summed E-state index contributed by atoms with van der Waals surface area (Å²) in [6.45, 7) is 5.76. The minimum absolute atomic E-state index is 0.235. The van der Waals surface area contributed by atoms with Crippen LogP contribution in [0.5, 0.6) is 0 Å². The van der Waals surface area contributed by atoms with E-state index in [9.17, 15) is 9.59 Å². The highest BCUT2D eigenvalue weighted by molar-refractivity contribution is 5.78. The van der Waals surface area contributed by atoms with Crippen LogP contribution in [0.15, 0.2) is 0 Å². The highest BCUT2D eigenvalue weighted by Gasteiger charge is 2.36. The Kier molecular flexibility index (Phi) is 8.34. The largest absolute Gasteiger partial charge is 0.481 e. The molecule has 0 saturated heterocycles. The van der Waals surface area contributed by atoms with Crippen LogP contribution in [0.2, 0.25) is 0 Å². The van der Waals surface area contributed by atoms with Gasteiger partial charge in [-0.05, 0) is 19.8 Å². The normalized spacial score (nSPS) is 15.6. The summed E-state index contributed by atoms with van der Waals surface area (Å²) in [5.74, 6) is -1.84. The van der Waals surface area contributed by atoms with Gasteiger partial charge in [-0.2, -0.15) is 0 Å². The van der Waals surface area contributed by atoms with E-state index in [4.69, 9.17) is 9.84 Å². The Morgan fingerprint density at radius 2 is 1.95 bits per heavy atom. The smallest absolute Gasteiger partial charge is 0.311 e. The molecule has 0 aliphatic rings. The molecule has 0 aliphatic carbocycles. The highest BCUT2D eigenvalue weighted by Crippen LogP contribution is 2.31. The van der Waals surface area contributed by atoms with Gasteiger partial charge in [-0.1, -0.05) is 13.8 Å². The van der Waals surface area contributed by atoms with Crippen LogP contribution in [0.4, 0.5) is 0 Å². The molecule has 0 radical (unpaired) electrons. The van der Waals surface area contributed by atoms with Gasteiger partial charge in [-0.3, -0.25) is 9.59 Å². The number of rotatable bonds is 10. The van der Waals surface area contributed by atoms with Gasteiger partial charge in [-0.15, -0.1) is 0 Å². The predicted molar refractivity (Wildman–Crippen MR) is 68.4 cm³/mol. The fourth-order valence-corrected chi connectivity index (χ4v) is 1.68. The Hall–Kier alpha value is -1.14. The summed E-state index contributed by atoms with van der Waals surface area (Å²) >= 11 is 0. The SMILES string of the molecule is CCC(C)(CC(C)C(=O)O)C(=O)OCCCOOC. The van der Waals surface area contributed by atoms with Crippen LogP contribution in [-0.4, -0.2) is 37.4 Å². The van der Waals surface area contributed by atoms with Crippen LogP contribution in [-0.2, 0) is 24.1 Å². The second-order valence-corrected chi connectivity index (χ2v) is 4.84. The molecule has 19 heavy (non-hydrogen) atoms. The number of aliphatic carboxylic acids is 1. The van der Waals surface area contributed by atoms with Crippen molar-refractivity contribution in [2.75, 3.05) is 20.3 Å². The molecule has 0 spiro atoms. The molecular weight excluding hydrogens is 252 g/mol. The molecule has 0 aromatic heterocycles. The van der Waals surface area contributed by atoms with E-state index >= 15 is 0 Å². The molecule has 0 aliphatic heterocycles. The number of ether oxygens (including phenoxy) is 1. The zero-order valence-corrected chi connectivity index (χ0v) is 12.1. The van der Waals surface area contributed by atoms with Gasteiger partial charge in [0.05, 0.1) is 31.7 Å². The molecular formula is C13H24O6. The van der Waals surface area contributed by atoms with Gasteiger partial charge in [0.15, 0.2) is 0 Å². The van der Waals surface area contributed by atoms with E-state index in [1.165, 1.54) is 7.11 Å². The Balaban J connectivity index is 4.25. The van der Waals surface area contributed by atoms with E-state index < -0.39 is 17.3 Å². The van der Waals surface area contributed by atoms with Crippen LogP contribution >= 0.6 is 0 Å². The lowest BCUT2D eigenvalue weighted by atomic mass is 9.79. The van der Waals surface area contributed by atoms with Gasteiger partial charge in [-0.25, -0.2) is 9.78 Å². The van der Waals surface area contributed by atoms with Crippen molar-refractivity contribution in [3.63, 3.8) is 0 Å². The molecule has 2 atom stereocenters. The molecule has 0 aromatic rings. The lowest BCUT2D eigenvalue weighted by Gasteiger charge is -2.27. The molecule has 0 amide bonds. The van der Waals surface area contributed by atoms with Gasteiger partial charge < -0.3 is 9.84 Å². The Bertz CT molecular complexity index is 291. The molecule has 1 N–H and O–H groups in total. The predicted octanol–water partition coefficient (Wildman–Crippen LogP) is 2.02. The number of carboxylic acid groups (broad SMARTS) is 1. The van der Waals surface area contributed by atoms with Crippen molar-refractivity contribution in [2.45, 2.75) is 40.0 Å². The van der Waals surface area contributed by atoms with Crippen molar-refractivity contribution >= 4 is 11.9 Å². The first kappa shape index (κ1) is 17.9. The maximum absolute atomic E-state index is 12.0. The third-order valence-electron chi connectivity index (χ3n) is 3.17. The van der Waals surface area contributed by atoms with Gasteiger partial charge in [0.2, 0.25) is 0 Å². The third kappa shape index (κ3) is 6.54. The van der Waals surface area contributed by atoms with E-state index in [2.05, 4.69) is 9.78 Å². The zero-order valence-electron chi connectivity index (χ0n) is 12.1. The molecule has 0 heterocycles. The van der Waals surface area contributed by atoms with Gasteiger partial charge in [0, 0.05) is 6.42 Å². The van der Waals surface area contributed by atoms with Crippen molar-refractivity contribution < 1.29 is 29.2 Å². The summed E-state index contributed by atoms with van der Waals surface area (Å²) in [6, 6.07) is 0. The van der Waals surface area contributed by atoms with Crippen LogP contribution < -0.4 is 0 Å². The standard InChI is InChI=1S/C13H24O6/c1-5-13(3,9-10(2)11(14)15)12(16)18-7-6-8-19-17-4/h10H,5-9H2,1-4H3,(H,14,15). The summed E-state index contributed by atoms with van der Waals surface area (Å²) < 4.78 is 5.16. The molecule has 2 unspecified atom stereocenters. The summed E-state index contributed by atoms with van der Waals surface area (Å²) in [7, 11) is 1.41. The average Bonchev–Trinajstić information content (AvgIpc) is 2.37. The first-order valence-electron chi connectivity index (χ1n) is 6.43. The number of hydrogen-bond acceptors (Lipinski definition) is 5. The first-order valence-corrected chi connectivity index (χ1v) is 6.43. The number of carbonyl (C=O) groups is 2. The lowest BCUT2D eigenvalue weighted by Crippen LogP contribution is -2.33. The van der Waals surface area contributed by atoms with Crippen LogP contribution in [0.25, 0.3) is 0 Å². The second-order valence-electron chi connectivity index (χ2n) is 4.84. The van der Waals surface area contributed by atoms with E-state index in [1.807, 2.05) is 6.92 Å². The fourth-order valence-electron chi connectivity index (χ4n) is 1.68. The molecule has 0 rings (SSSR count). The molecule has 6 heteroatoms. The molecule has 6 nitrogen and oxygen atoms in total. The summed E-state index contributed by atoms with van der Waals surface area (Å²) in [6.07, 6.45) is 1.35. The Morgan fingerprint density at radius 1 is 1.32 bits per heavy atom. The molecule has 112 valence electrons.